The largest absolute Gasteiger partial charge is 0.330 e. The van der Waals surface area contributed by atoms with Gasteiger partial charge in [-0.1, -0.05) is 12.1 Å². The van der Waals surface area contributed by atoms with Crippen LogP contribution >= 0.6 is 0 Å². The molecule has 0 amide bonds. The third kappa shape index (κ3) is 1.89. The molecule has 0 heterocycles. The molecular weight excluding hydrogens is 157 g/mol. The predicted molar refractivity (Wildman–Crippen MR) is 44.4 cm³/mol. The van der Waals surface area contributed by atoms with Crippen LogP contribution in [0.3, 0.4) is 0 Å². The van der Waals surface area contributed by atoms with Crippen molar-refractivity contribution < 1.29 is 9.18 Å². The standard InChI is InChI=1S/C9H10FNO/c10-8-4-2-1-3-7(8)9(12)5-6-11/h1-4H,5-6,11H2. The first-order valence-electron chi connectivity index (χ1n) is 3.73. The summed E-state index contributed by atoms with van der Waals surface area (Å²) in [6.07, 6.45) is 0.195. The second-order valence-corrected chi connectivity index (χ2v) is 2.44. The molecule has 12 heavy (non-hydrogen) atoms. The fraction of sp³-hybridized carbons (Fsp3) is 0.222. The van der Waals surface area contributed by atoms with Crippen molar-refractivity contribution in [3.63, 3.8) is 0 Å². The molecule has 0 atom stereocenters. The minimum absolute atomic E-state index is 0.128. The van der Waals surface area contributed by atoms with E-state index in [1.54, 1.807) is 12.1 Å². The monoisotopic (exact) mass is 167 g/mol. The van der Waals surface area contributed by atoms with Crippen molar-refractivity contribution in [2.45, 2.75) is 6.42 Å². The Kier molecular flexibility index (Phi) is 2.94. The number of carbonyl (C=O) groups excluding carboxylic acids is 1. The van der Waals surface area contributed by atoms with E-state index in [4.69, 9.17) is 5.73 Å². The lowest BCUT2D eigenvalue weighted by Crippen LogP contribution is -2.09. The van der Waals surface area contributed by atoms with Gasteiger partial charge < -0.3 is 5.73 Å². The van der Waals surface area contributed by atoms with Gasteiger partial charge in [0.15, 0.2) is 5.78 Å². The van der Waals surface area contributed by atoms with Crippen LogP contribution in [0.1, 0.15) is 16.8 Å². The van der Waals surface area contributed by atoms with Crippen LogP contribution in [-0.4, -0.2) is 12.3 Å². The quantitative estimate of drug-likeness (QED) is 0.690. The first-order chi connectivity index (χ1) is 5.75. The van der Waals surface area contributed by atoms with Crippen LogP contribution in [0.4, 0.5) is 4.39 Å². The zero-order valence-electron chi connectivity index (χ0n) is 6.59. The van der Waals surface area contributed by atoms with E-state index in [1.165, 1.54) is 12.1 Å². The molecule has 2 N–H and O–H groups in total. The second-order valence-electron chi connectivity index (χ2n) is 2.44. The Balaban J connectivity index is 2.87. The minimum Gasteiger partial charge on any atom is -0.330 e. The Hall–Kier alpha value is -1.22. The lowest BCUT2D eigenvalue weighted by atomic mass is 10.1. The zero-order chi connectivity index (χ0) is 8.97. The molecule has 1 aromatic carbocycles. The van der Waals surface area contributed by atoms with Gasteiger partial charge >= 0.3 is 0 Å². The Bertz CT molecular complexity index is 286. The van der Waals surface area contributed by atoms with Crippen LogP contribution in [0.5, 0.6) is 0 Å². The lowest BCUT2D eigenvalue weighted by Gasteiger charge is -1.99. The van der Waals surface area contributed by atoms with Crippen molar-refractivity contribution >= 4 is 5.78 Å². The molecule has 0 saturated carbocycles. The molecule has 0 spiro atoms. The molecule has 1 rings (SSSR count). The predicted octanol–water partition coefficient (Wildman–Crippen LogP) is 1.36. The van der Waals surface area contributed by atoms with Crippen molar-refractivity contribution in [2.24, 2.45) is 5.73 Å². The number of Topliss-reactive ketones (excluding diaryl/α,β-unsaturated/α-hetero) is 1. The van der Waals surface area contributed by atoms with Crippen LogP contribution in [0, 0.1) is 5.82 Å². The van der Waals surface area contributed by atoms with Gasteiger partial charge in [-0.15, -0.1) is 0 Å². The lowest BCUT2D eigenvalue weighted by molar-refractivity contribution is 0.0981. The average Bonchev–Trinajstić information content (AvgIpc) is 2.05. The maximum atomic E-state index is 12.9. The van der Waals surface area contributed by atoms with Gasteiger partial charge in [-0.3, -0.25) is 4.79 Å². The number of nitrogens with two attached hydrogens (primary N) is 1. The molecule has 3 heteroatoms. The Morgan fingerprint density at radius 1 is 1.42 bits per heavy atom. The highest BCUT2D eigenvalue weighted by Gasteiger charge is 2.08. The van der Waals surface area contributed by atoms with Crippen molar-refractivity contribution in [3.8, 4) is 0 Å². The van der Waals surface area contributed by atoms with E-state index in [0.29, 0.717) is 0 Å². The number of hydrogen-bond donors (Lipinski definition) is 1. The van der Waals surface area contributed by atoms with Crippen LogP contribution in [-0.2, 0) is 0 Å². The topological polar surface area (TPSA) is 43.1 Å². The van der Waals surface area contributed by atoms with E-state index in [0.717, 1.165) is 0 Å². The number of hydrogen-bond acceptors (Lipinski definition) is 2. The highest BCUT2D eigenvalue weighted by Crippen LogP contribution is 2.08. The molecule has 0 aliphatic rings. The smallest absolute Gasteiger partial charge is 0.167 e. The fourth-order valence-corrected chi connectivity index (χ4v) is 0.953. The Morgan fingerprint density at radius 3 is 2.67 bits per heavy atom. The van der Waals surface area contributed by atoms with Crippen molar-refractivity contribution in [2.75, 3.05) is 6.54 Å². The third-order valence-electron chi connectivity index (χ3n) is 1.55. The van der Waals surface area contributed by atoms with Crippen molar-refractivity contribution in [3.05, 3.63) is 35.6 Å². The summed E-state index contributed by atoms with van der Waals surface area (Å²) < 4.78 is 12.9. The Morgan fingerprint density at radius 2 is 2.08 bits per heavy atom. The number of ketones is 1. The van der Waals surface area contributed by atoms with Crippen LogP contribution in [0.25, 0.3) is 0 Å². The SMILES string of the molecule is NCCC(=O)c1ccccc1F. The molecule has 0 aromatic heterocycles. The van der Waals surface area contributed by atoms with Crippen LogP contribution in [0.15, 0.2) is 24.3 Å². The zero-order valence-corrected chi connectivity index (χ0v) is 6.59. The number of benzene rings is 1. The van der Waals surface area contributed by atoms with Crippen LogP contribution in [0.2, 0.25) is 0 Å². The summed E-state index contributed by atoms with van der Waals surface area (Å²) in [5.41, 5.74) is 5.30. The van der Waals surface area contributed by atoms with Gasteiger partial charge in [-0.25, -0.2) is 4.39 Å². The van der Waals surface area contributed by atoms with E-state index in [9.17, 15) is 9.18 Å². The first kappa shape index (κ1) is 8.87. The molecule has 0 fully saturated rings. The van der Waals surface area contributed by atoms with Crippen LogP contribution < -0.4 is 5.73 Å². The summed E-state index contributed by atoms with van der Waals surface area (Å²) >= 11 is 0. The summed E-state index contributed by atoms with van der Waals surface area (Å²) in [6, 6.07) is 5.92. The molecule has 0 aliphatic carbocycles. The second kappa shape index (κ2) is 3.97. The van der Waals surface area contributed by atoms with Gasteiger partial charge in [0.25, 0.3) is 0 Å². The molecule has 64 valence electrons. The molecule has 0 bridgehead atoms. The summed E-state index contributed by atoms with van der Waals surface area (Å²) in [5.74, 6) is -0.716. The van der Waals surface area contributed by atoms with Crippen molar-refractivity contribution in [1.82, 2.24) is 0 Å². The average molecular weight is 167 g/mol. The molecule has 0 saturated heterocycles. The maximum Gasteiger partial charge on any atom is 0.167 e. The summed E-state index contributed by atoms with van der Waals surface area (Å²) in [5, 5.41) is 0. The number of carbonyl (C=O) groups is 1. The molecule has 0 unspecified atom stereocenters. The molecule has 2 nitrogen and oxygen atoms in total. The summed E-state index contributed by atoms with van der Waals surface area (Å²) in [4.78, 5) is 11.1. The van der Waals surface area contributed by atoms with Gasteiger partial charge in [-0.2, -0.15) is 0 Å². The highest BCUT2D eigenvalue weighted by atomic mass is 19.1. The number of halogens is 1. The number of rotatable bonds is 3. The summed E-state index contributed by atoms with van der Waals surface area (Å²) in [6.45, 7) is 0.257. The van der Waals surface area contributed by atoms with E-state index in [-0.39, 0.29) is 24.3 Å². The van der Waals surface area contributed by atoms with Gasteiger partial charge in [0.2, 0.25) is 0 Å². The van der Waals surface area contributed by atoms with E-state index >= 15 is 0 Å². The van der Waals surface area contributed by atoms with Gasteiger partial charge in [0.1, 0.15) is 5.82 Å². The summed E-state index contributed by atoms with van der Waals surface area (Å²) in [7, 11) is 0. The maximum absolute atomic E-state index is 12.9. The molecular formula is C9H10FNO. The minimum atomic E-state index is -0.476. The normalized spacial score (nSPS) is 9.83. The van der Waals surface area contributed by atoms with E-state index in [2.05, 4.69) is 0 Å². The first-order valence-corrected chi connectivity index (χ1v) is 3.73. The highest BCUT2D eigenvalue weighted by molar-refractivity contribution is 5.96. The fourth-order valence-electron chi connectivity index (χ4n) is 0.953. The van der Waals surface area contributed by atoms with Gasteiger partial charge in [-0.05, 0) is 18.7 Å². The van der Waals surface area contributed by atoms with E-state index in [1.807, 2.05) is 0 Å². The van der Waals surface area contributed by atoms with E-state index < -0.39 is 5.82 Å². The molecule has 0 aliphatic heterocycles. The van der Waals surface area contributed by atoms with Gasteiger partial charge in [0, 0.05) is 6.42 Å². The Labute approximate surface area is 70.2 Å². The molecule has 1 aromatic rings. The van der Waals surface area contributed by atoms with Crippen molar-refractivity contribution in [1.29, 1.82) is 0 Å². The van der Waals surface area contributed by atoms with Gasteiger partial charge in [0.05, 0.1) is 5.56 Å². The third-order valence-corrected chi connectivity index (χ3v) is 1.55. The molecule has 0 radical (unpaired) electrons.